The van der Waals surface area contributed by atoms with Crippen LogP contribution in [0, 0.1) is 6.92 Å². The molecule has 20 heavy (non-hydrogen) atoms. The first-order chi connectivity index (χ1) is 9.79. The van der Waals surface area contributed by atoms with Crippen LogP contribution in [0.25, 0.3) is 10.7 Å². The molecule has 0 aliphatic heterocycles. The molecule has 0 saturated heterocycles. The normalized spacial score (nSPS) is 12.5. The third-order valence-corrected chi connectivity index (χ3v) is 4.44. The summed E-state index contributed by atoms with van der Waals surface area (Å²) in [6.45, 7) is 4.33. The molecule has 3 rings (SSSR count). The molecular formula is C16H17N3S. The molecule has 0 aliphatic rings. The Balaban J connectivity index is 2.04. The molecule has 0 spiro atoms. The second-order valence-corrected chi connectivity index (χ2v) is 6.06. The van der Waals surface area contributed by atoms with Crippen molar-refractivity contribution in [1.82, 2.24) is 14.5 Å². The number of hydrogen-bond acceptors (Lipinski definition) is 3. The lowest BCUT2D eigenvalue weighted by molar-refractivity contribution is 0.572. The first kappa shape index (κ1) is 13.1. The van der Waals surface area contributed by atoms with Crippen molar-refractivity contribution in [1.29, 1.82) is 0 Å². The maximum atomic E-state index is 4.55. The summed E-state index contributed by atoms with van der Waals surface area (Å²) in [6.07, 6.45) is 8.68. The second-order valence-electron chi connectivity index (χ2n) is 4.77. The molecule has 0 saturated carbocycles. The van der Waals surface area contributed by atoms with Crippen LogP contribution in [0.1, 0.15) is 29.8 Å². The molecule has 0 fully saturated rings. The highest BCUT2D eigenvalue weighted by Gasteiger charge is 2.16. The molecular weight excluding hydrogens is 266 g/mol. The van der Waals surface area contributed by atoms with Crippen LogP contribution in [0.4, 0.5) is 0 Å². The fourth-order valence-corrected chi connectivity index (χ4v) is 3.36. The smallest absolute Gasteiger partial charge is 0.150 e. The molecule has 0 unspecified atom stereocenters. The van der Waals surface area contributed by atoms with E-state index < -0.39 is 0 Å². The molecule has 0 aliphatic carbocycles. The standard InChI is InChI=1S/C16H17N3S/c1-3-14(13-6-8-17-9-7-13)19-11-10-18-16(19)15-5-4-12(2)20-15/h4-11,14H,3H2,1-2H3/t14-/m0/s1. The first-order valence-corrected chi connectivity index (χ1v) is 7.61. The summed E-state index contributed by atoms with van der Waals surface area (Å²) in [5, 5.41) is 0. The third-order valence-electron chi connectivity index (χ3n) is 3.44. The van der Waals surface area contributed by atoms with E-state index in [1.807, 2.05) is 18.6 Å². The van der Waals surface area contributed by atoms with Crippen LogP contribution in [-0.2, 0) is 0 Å². The van der Waals surface area contributed by atoms with Crippen molar-refractivity contribution in [3.63, 3.8) is 0 Å². The van der Waals surface area contributed by atoms with Crippen molar-refractivity contribution in [2.45, 2.75) is 26.3 Å². The number of nitrogens with zero attached hydrogens (tertiary/aromatic N) is 3. The van der Waals surface area contributed by atoms with Gasteiger partial charge in [-0.15, -0.1) is 11.3 Å². The lowest BCUT2D eigenvalue weighted by atomic mass is 10.1. The summed E-state index contributed by atoms with van der Waals surface area (Å²) in [4.78, 5) is 11.2. The van der Waals surface area contributed by atoms with Crippen molar-refractivity contribution in [2.75, 3.05) is 0 Å². The van der Waals surface area contributed by atoms with Crippen molar-refractivity contribution < 1.29 is 0 Å². The van der Waals surface area contributed by atoms with Gasteiger partial charge in [0.25, 0.3) is 0 Å². The van der Waals surface area contributed by atoms with E-state index in [1.54, 1.807) is 11.3 Å². The van der Waals surface area contributed by atoms with E-state index in [4.69, 9.17) is 0 Å². The molecule has 3 aromatic heterocycles. The van der Waals surface area contributed by atoms with Gasteiger partial charge in [0.2, 0.25) is 0 Å². The maximum absolute atomic E-state index is 4.55. The first-order valence-electron chi connectivity index (χ1n) is 6.79. The fourth-order valence-electron chi connectivity index (χ4n) is 2.49. The van der Waals surface area contributed by atoms with Gasteiger partial charge in [-0.3, -0.25) is 4.98 Å². The van der Waals surface area contributed by atoms with E-state index in [1.165, 1.54) is 15.3 Å². The van der Waals surface area contributed by atoms with Crippen molar-refractivity contribution in [3.8, 4) is 10.7 Å². The average Bonchev–Trinajstić information content (AvgIpc) is 3.10. The van der Waals surface area contributed by atoms with E-state index in [9.17, 15) is 0 Å². The monoisotopic (exact) mass is 283 g/mol. The van der Waals surface area contributed by atoms with Gasteiger partial charge in [-0.05, 0) is 43.2 Å². The Morgan fingerprint density at radius 1 is 1.15 bits per heavy atom. The highest BCUT2D eigenvalue weighted by Crippen LogP contribution is 2.31. The predicted molar refractivity (Wildman–Crippen MR) is 82.9 cm³/mol. The summed E-state index contributed by atoms with van der Waals surface area (Å²) < 4.78 is 2.26. The van der Waals surface area contributed by atoms with Gasteiger partial charge in [-0.1, -0.05) is 6.92 Å². The van der Waals surface area contributed by atoms with Crippen LogP contribution in [0.2, 0.25) is 0 Å². The SMILES string of the molecule is CC[C@@H](c1ccncc1)n1ccnc1-c1ccc(C)s1. The van der Waals surface area contributed by atoms with Gasteiger partial charge in [-0.2, -0.15) is 0 Å². The molecule has 4 heteroatoms. The highest BCUT2D eigenvalue weighted by atomic mass is 32.1. The number of pyridine rings is 1. The van der Waals surface area contributed by atoms with Crippen molar-refractivity contribution in [3.05, 3.63) is 59.5 Å². The van der Waals surface area contributed by atoms with Gasteiger partial charge in [0.05, 0.1) is 10.9 Å². The van der Waals surface area contributed by atoms with Gasteiger partial charge < -0.3 is 4.57 Å². The number of rotatable bonds is 4. The predicted octanol–water partition coefficient (Wildman–Crippen LogP) is 4.31. The molecule has 0 bridgehead atoms. The molecule has 1 atom stereocenters. The van der Waals surface area contributed by atoms with Crippen molar-refractivity contribution in [2.24, 2.45) is 0 Å². The Labute approximate surface area is 123 Å². The van der Waals surface area contributed by atoms with Crippen LogP contribution >= 0.6 is 11.3 Å². The molecule has 3 aromatic rings. The quantitative estimate of drug-likeness (QED) is 0.714. The second kappa shape index (κ2) is 5.59. The fraction of sp³-hybridized carbons (Fsp3) is 0.250. The topological polar surface area (TPSA) is 30.7 Å². The van der Waals surface area contributed by atoms with Crippen LogP contribution in [0.5, 0.6) is 0 Å². The largest absolute Gasteiger partial charge is 0.323 e. The van der Waals surface area contributed by atoms with Gasteiger partial charge in [0.15, 0.2) is 5.82 Å². The number of aromatic nitrogens is 3. The Kier molecular flexibility index (Phi) is 3.65. The van der Waals surface area contributed by atoms with Crippen LogP contribution in [-0.4, -0.2) is 14.5 Å². The van der Waals surface area contributed by atoms with Crippen LogP contribution in [0.15, 0.2) is 49.1 Å². The minimum atomic E-state index is 0.304. The summed E-state index contributed by atoms with van der Waals surface area (Å²) in [6, 6.07) is 8.76. The van der Waals surface area contributed by atoms with Crippen LogP contribution < -0.4 is 0 Å². The van der Waals surface area contributed by atoms with Gasteiger partial charge in [0.1, 0.15) is 0 Å². The highest BCUT2D eigenvalue weighted by molar-refractivity contribution is 7.15. The van der Waals surface area contributed by atoms with E-state index in [0.29, 0.717) is 6.04 Å². The zero-order valence-corrected chi connectivity index (χ0v) is 12.5. The Bertz CT molecular complexity index is 685. The minimum Gasteiger partial charge on any atom is -0.323 e. The summed E-state index contributed by atoms with van der Waals surface area (Å²) in [5.74, 6) is 1.05. The van der Waals surface area contributed by atoms with Gasteiger partial charge in [0, 0.05) is 29.7 Å². The summed E-state index contributed by atoms with van der Waals surface area (Å²) in [7, 11) is 0. The van der Waals surface area contributed by atoms with Gasteiger partial charge >= 0.3 is 0 Å². The lowest BCUT2D eigenvalue weighted by Crippen LogP contribution is -2.10. The summed E-state index contributed by atoms with van der Waals surface area (Å²) >= 11 is 1.79. The zero-order chi connectivity index (χ0) is 13.9. The van der Waals surface area contributed by atoms with Gasteiger partial charge in [-0.25, -0.2) is 4.98 Å². The Hall–Kier alpha value is -1.94. The van der Waals surface area contributed by atoms with E-state index in [2.05, 4.69) is 58.8 Å². The molecule has 0 aromatic carbocycles. The number of hydrogen-bond donors (Lipinski definition) is 0. The number of imidazole rings is 1. The van der Waals surface area contributed by atoms with E-state index in [-0.39, 0.29) is 0 Å². The molecule has 102 valence electrons. The molecule has 3 heterocycles. The molecule has 0 radical (unpaired) electrons. The molecule has 3 nitrogen and oxygen atoms in total. The molecule has 0 amide bonds. The average molecular weight is 283 g/mol. The number of thiophene rings is 1. The minimum absolute atomic E-state index is 0.304. The Morgan fingerprint density at radius 2 is 1.95 bits per heavy atom. The molecule has 0 N–H and O–H groups in total. The van der Waals surface area contributed by atoms with Crippen LogP contribution in [0.3, 0.4) is 0 Å². The van der Waals surface area contributed by atoms with E-state index >= 15 is 0 Å². The summed E-state index contributed by atoms with van der Waals surface area (Å²) in [5.41, 5.74) is 1.27. The van der Waals surface area contributed by atoms with Crippen molar-refractivity contribution >= 4 is 11.3 Å². The lowest BCUT2D eigenvalue weighted by Gasteiger charge is -2.19. The third kappa shape index (κ3) is 2.39. The van der Waals surface area contributed by atoms with E-state index in [0.717, 1.165) is 12.2 Å². The Morgan fingerprint density at radius 3 is 2.60 bits per heavy atom. The zero-order valence-electron chi connectivity index (χ0n) is 11.7. The number of aryl methyl sites for hydroxylation is 1. The maximum Gasteiger partial charge on any atom is 0.150 e.